The van der Waals surface area contributed by atoms with E-state index < -0.39 is 0 Å². The second kappa shape index (κ2) is 6.15. The van der Waals surface area contributed by atoms with Crippen LogP contribution >= 0.6 is 0 Å². The molecule has 8 rings (SSSR count). The summed E-state index contributed by atoms with van der Waals surface area (Å²) in [7, 11) is 2.15. The second-order valence-corrected chi connectivity index (χ2v) is 9.28. The molecule has 3 nitrogen and oxygen atoms in total. The van der Waals surface area contributed by atoms with E-state index >= 15 is 0 Å². The summed E-state index contributed by atoms with van der Waals surface area (Å²) in [6, 6.07) is 32.5. The molecule has 4 heterocycles. The van der Waals surface area contributed by atoms with Crippen LogP contribution in [-0.2, 0) is 7.05 Å². The van der Waals surface area contributed by atoms with Crippen molar-refractivity contribution in [1.82, 2.24) is 4.40 Å². The zero-order valence-corrected chi connectivity index (χ0v) is 19.0. The Morgan fingerprint density at radius 2 is 1.38 bits per heavy atom. The van der Waals surface area contributed by atoms with Crippen LogP contribution in [-0.4, -0.2) is 4.40 Å². The monoisotopic (exact) mass is 437 g/mol. The minimum atomic E-state index is 0.925. The van der Waals surface area contributed by atoms with Crippen molar-refractivity contribution < 1.29 is 8.98 Å². The molecule has 0 saturated heterocycles. The molecule has 0 unspecified atom stereocenters. The second-order valence-electron chi connectivity index (χ2n) is 9.28. The van der Waals surface area contributed by atoms with Gasteiger partial charge < -0.3 is 4.42 Å². The van der Waals surface area contributed by atoms with Crippen molar-refractivity contribution in [3.63, 3.8) is 0 Å². The molecule has 0 N–H and O–H groups in total. The quantitative estimate of drug-likeness (QED) is 0.243. The van der Waals surface area contributed by atoms with E-state index in [2.05, 4.69) is 114 Å². The molecule has 0 radical (unpaired) electrons. The van der Waals surface area contributed by atoms with Crippen LogP contribution in [0, 0.1) is 6.92 Å². The molecule has 0 aliphatic rings. The summed E-state index contributed by atoms with van der Waals surface area (Å²) in [5.41, 5.74) is 9.05. The Hall–Kier alpha value is -4.37. The fourth-order valence-electron chi connectivity index (χ4n) is 6.07. The predicted molar refractivity (Wildman–Crippen MR) is 140 cm³/mol. The molecule has 160 valence electrons. The smallest absolute Gasteiger partial charge is 0.256 e. The molecule has 4 aromatic heterocycles. The summed E-state index contributed by atoms with van der Waals surface area (Å²) < 4.78 is 11.5. The molecule has 0 aliphatic carbocycles. The van der Waals surface area contributed by atoms with Crippen LogP contribution in [0.1, 0.15) is 5.56 Å². The Morgan fingerprint density at radius 3 is 2.26 bits per heavy atom. The third-order valence-electron chi connectivity index (χ3n) is 7.54. The van der Waals surface area contributed by atoms with Crippen LogP contribution in [0.5, 0.6) is 0 Å². The predicted octanol–water partition coefficient (Wildman–Crippen LogP) is 7.54. The molecule has 8 aromatic rings. The summed E-state index contributed by atoms with van der Waals surface area (Å²) in [6.45, 7) is 2.17. The van der Waals surface area contributed by atoms with Crippen LogP contribution in [0.3, 0.4) is 0 Å². The summed E-state index contributed by atoms with van der Waals surface area (Å²) in [4.78, 5) is 0. The Bertz CT molecular complexity index is 2090. The van der Waals surface area contributed by atoms with E-state index in [9.17, 15) is 0 Å². The van der Waals surface area contributed by atoms with E-state index in [1.54, 1.807) is 0 Å². The molecule has 0 saturated carbocycles. The lowest BCUT2D eigenvalue weighted by atomic mass is 9.99. The van der Waals surface area contributed by atoms with Gasteiger partial charge in [-0.1, -0.05) is 66.7 Å². The Morgan fingerprint density at radius 1 is 0.676 bits per heavy atom. The standard InChI is InChI=1S/C31H21N2O/c1-18-10-3-4-11-19(18)29-30-26(22-13-6-7-16-24(22)32(29)2)27-23-15-9-14-21-20-12-5-8-17-25(20)33(28(21)23)31(27)34-30/h3-17H,1-2H3/q+1. The zero-order valence-electron chi connectivity index (χ0n) is 19.0. The van der Waals surface area contributed by atoms with Crippen LogP contribution < -0.4 is 4.57 Å². The maximum atomic E-state index is 6.92. The van der Waals surface area contributed by atoms with E-state index in [1.807, 2.05) is 0 Å². The van der Waals surface area contributed by atoms with Crippen molar-refractivity contribution in [2.45, 2.75) is 6.92 Å². The Labute approximate surface area is 195 Å². The van der Waals surface area contributed by atoms with Gasteiger partial charge in [0.1, 0.15) is 7.05 Å². The number of para-hydroxylation sites is 3. The highest BCUT2D eigenvalue weighted by atomic mass is 16.3. The van der Waals surface area contributed by atoms with Gasteiger partial charge in [-0.25, -0.2) is 0 Å². The van der Waals surface area contributed by atoms with Crippen LogP contribution in [0.2, 0.25) is 0 Å². The summed E-state index contributed by atoms with van der Waals surface area (Å²) in [6.07, 6.45) is 0. The van der Waals surface area contributed by atoms with Crippen molar-refractivity contribution >= 4 is 60.2 Å². The average molecular weight is 438 g/mol. The minimum absolute atomic E-state index is 0.925. The molecule has 0 bridgehead atoms. The topological polar surface area (TPSA) is 21.4 Å². The Balaban J connectivity index is 1.72. The molecular weight excluding hydrogens is 416 g/mol. The number of aryl methyl sites for hydroxylation is 2. The highest BCUT2D eigenvalue weighted by molar-refractivity contribution is 6.32. The van der Waals surface area contributed by atoms with Crippen molar-refractivity contribution in [3.05, 3.63) is 96.6 Å². The maximum Gasteiger partial charge on any atom is 0.256 e. The van der Waals surface area contributed by atoms with E-state index in [1.165, 1.54) is 60.0 Å². The molecule has 0 fully saturated rings. The van der Waals surface area contributed by atoms with Crippen LogP contribution in [0.4, 0.5) is 0 Å². The van der Waals surface area contributed by atoms with Gasteiger partial charge in [0.25, 0.3) is 5.69 Å². The lowest BCUT2D eigenvalue weighted by Crippen LogP contribution is -2.32. The van der Waals surface area contributed by atoms with Gasteiger partial charge in [0.05, 0.1) is 32.8 Å². The maximum absolute atomic E-state index is 6.92. The number of hydrogen-bond donors (Lipinski definition) is 0. The highest BCUT2D eigenvalue weighted by Crippen LogP contribution is 2.46. The molecule has 0 amide bonds. The number of hydrogen-bond acceptors (Lipinski definition) is 1. The van der Waals surface area contributed by atoms with Gasteiger partial charge in [0.2, 0.25) is 16.8 Å². The summed E-state index contributed by atoms with van der Waals surface area (Å²) in [5, 5.41) is 7.40. The highest BCUT2D eigenvalue weighted by Gasteiger charge is 2.30. The van der Waals surface area contributed by atoms with E-state index in [-0.39, 0.29) is 0 Å². The third-order valence-corrected chi connectivity index (χ3v) is 7.54. The van der Waals surface area contributed by atoms with E-state index in [4.69, 9.17) is 4.42 Å². The largest absolute Gasteiger partial charge is 0.432 e. The number of nitrogens with zero attached hydrogens (tertiary/aromatic N) is 2. The molecular formula is C31H21N2O+. The fraction of sp³-hybridized carbons (Fsp3) is 0.0645. The van der Waals surface area contributed by atoms with Gasteiger partial charge in [0.15, 0.2) is 0 Å². The molecule has 0 spiro atoms. The third kappa shape index (κ3) is 2.01. The van der Waals surface area contributed by atoms with Gasteiger partial charge in [-0.05, 0) is 30.7 Å². The first-order valence-electron chi connectivity index (χ1n) is 11.7. The first-order valence-corrected chi connectivity index (χ1v) is 11.7. The average Bonchev–Trinajstić information content (AvgIpc) is 3.51. The van der Waals surface area contributed by atoms with Crippen LogP contribution in [0.25, 0.3) is 71.4 Å². The fourth-order valence-corrected chi connectivity index (χ4v) is 6.07. The summed E-state index contributed by atoms with van der Waals surface area (Å²) in [5.74, 6) is 0. The molecule has 4 aromatic carbocycles. The van der Waals surface area contributed by atoms with Crippen molar-refractivity contribution in [3.8, 4) is 11.3 Å². The lowest BCUT2D eigenvalue weighted by Gasteiger charge is -2.08. The van der Waals surface area contributed by atoms with E-state index in [0.717, 1.165) is 17.0 Å². The van der Waals surface area contributed by atoms with Crippen molar-refractivity contribution in [1.29, 1.82) is 0 Å². The summed E-state index contributed by atoms with van der Waals surface area (Å²) >= 11 is 0. The molecule has 0 atom stereocenters. The van der Waals surface area contributed by atoms with Gasteiger partial charge in [-0.15, -0.1) is 0 Å². The lowest BCUT2D eigenvalue weighted by molar-refractivity contribution is -0.632. The SMILES string of the molecule is Cc1ccccc1-c1c2oc3c(c4cccc5c6ccccc6n3c54)c2c2ccccc2[n+]1C. The number of rotatable bonds is 1. The molecule has 34 heavy (non-hydrogen) atoms. The number of aromatic nitrogens is 2. The number of pyridine rings is 1. The van der Waals surface area contributed by atoms with Crippen LogP contribution in [0.15, 0.2) is 95.4 Å². The van der Waals surface area contributed by atoms with Crippen molar-refractivity contribution in [2.75, 3.05) is 0 Å². The van der Waals surface area contributed by atoms with Gasteiger partial charge in [-0.2, -0.15) is 4.57 Å². The number of furan rings is 1. The first kappa shape index (κ1) is 18.1. The van der Waals surface area contributed by atoms with Gasteiger partial charge in [0, 0.05) is 22.2 Å². The number of fused-ring (bicyclic) bond motifs is 10. The van der Waals surface area contributed by atoms with Gasteiger partial charge >= 0.3 is 0 Å². The normalized spacial score (nSPS) is 12.4. The van der Waals surface area contributed by atoms with E-state index in [0.29, 0.717) is 0 Å². The molecule has 3 heteroatoms. The zero-order chi connectivity index (χ0) is 22.6. The number of benzene rings is 4. The van der Waals surface area contributed by atoms with Gasteiger partial charge in [-0.3, -0.25) is 4.40 Å². The van der Waals surface area contributed by atoms with Crippen molar-refractivity contribution in [2.24, 2.45) is 7.05 Å². The Kier molecular flexibility index (Phi) is 3.27. The first-order chi connectivity index (χ1) is 16.7. The minimum Gasteiger partial charge on any atom is -0.432 e. The molecule has 0 aliphatic heterocycles.